The van der Waals surface area contributed by atoms with Gasteiger partial charge in [-0.05, 0) is 18.9 Å². The number of Topliss-reactive ketones (excluding diaryl/α,β-unsaturated/α-hetero) is 1. The Bertz CT molecular complexity index is 401. The van der Waals surface area contributed by atoms with Gasteiger partial charge in [-0.1, -0.05) is 37.6 Å². The van der Waals surface area contributed by atoms with Crippen molar-refractivity contribution in [2.24, 2.45) is 11.8 Å². The third-order valence-corrected chi connectivity index (χ3v) is 2.39. The molecule has 0 aliphatic carbocycles. The van der Waals surface area contributed by atoms with E-state index < -0.39 is 5.92 Å². The quantitative estimate of drug-likeness (QED) is 0.705. The fourth-order valence-electron chi connectivity index (χ4n) is 1.49. The SMILES string of the molecule is Cc1cccc(C(=O)C(C#N)C(C)C)c1. The lowest BCUT2D eigenvalue weighted by atomic mass is 9.89. The van der Waals surface area contributed by atoms with E-state index >= 15 is 0 Å². The molecule has 1 unspecified atom stereocenters. The summed E-state index contributed by atoms with van der Waals surface area (Å²) < 4.78 is 0. The Morgan fingerprint density at radius 2 is 2.07 bits per heavy atom. The van der Waals surface area contributed by atoms with Crippen LogP contribution in [0.4, 0.5) is 0 Å². The van der Waals surface area contributed by atoms with Gasteiger partial charge in [0.25, 0.3) is 0 Å². The largest absolute Gasteiger partial charge is 0.293 e. The fourth-order valence-corrected chi connectivity index (χ4v) is 1.49. The highest BCUT2D eigenvalue weighted by Gasteiger charge is 2.22. The standard InChI is InChI=1S/C13H15NO/c1-9(2)12(8-14)13(15)11-6-4-5-10(3)7-11/h4-7,9,12H,1-3H3. The number of nitriles is 1. The van der Waals surface area contributed by atoms with Crippen molar-refractivity contribution in [3.05, 3.63) is 35.4 Å². The van der Waals surface area contributed by atoms with Crippen LogP contribution in [0.25, 0.3) is 0 Å². The van der Waals surface area contributed by atoms with E-state index in [4.69, 9.17) is 5.26 Å². The summed E-state index contributed by atoms with van der Waals surface area (Å²) in [5, 5.41) is 8.93. The predicted octanol–water partition coefficient (Wildman–Crippen LogP) is 2.97. The summed E-state index contributed by atoms with van der Waals surface area (Å²) in [6, 6.07) is 9.45. The van der Waals surface area contributed by atoms with Gasteiger partial charge in [0.05, 0.1) is 6.07 Å². The number of nitrogens with zero attached hydrogens (tertiary/aromatic N) is 1. The van der Waals surface area contributed by atoms with Crippen LogP contribution in [-0.2, 0) is 0 Å². The zero-order valence-electron chi connectivity index (χ0n) is 9.32. The third kappa shape index (κ3) is 2.66. The molecule has 0 radical (unpaired) electrons. The van der Waals surface area contributed by atoms with Crippen LogP contribution >= 0.6 is 0 Å². The van der Waals surface area contributed by atoms with Gasteiger partial charge < -0.3 is 0 Å². The van der Waals surface area contributed by atoms with Crippen LogP contribution in [0, 0.1) is 30.1 Å². The summed E-state index contributed by atoms with van der Waals surface area (Å²) in [7, 11) is 0. The Hall–Kier alpha value is -1.62. The van der Waals surface area contributed by atoms with Crippen LogP contribution in [0.1, 0.15) is 29.8 Å². The molecule has 2 heteroatoms. The first-order valence-electron chi connectivity index (χ1n) is 5.06. The van der Waals surface area contributed by atoms with E-state index in [0.29, 0.717) is 5.56 Å². The van der Waals surface area contributed by atoms with Crippen LogP contribution < -0.4 is 0 Å². The van der Waals surface area contributed by atoms with Gasteiger partial charge in [-0.15, -0.1) is 0 Å². The minimum atomic E-state index is -0.535. The van der Waals surface area contributed by atoms with Gasteiger partial charge >= 0.3 is 0 Å². The summed E-state index contributed by atoms with van der Waals surface area (Å²) in [5.41, 5.74) is 1.68. The molecule has 1 rings (SSSR count). The van der Waals surface area contributed by atoms with Crippen molar-refractivity contribution in [2.45, 2.75) is 20.8 Å². The maximum Gasteiger partial charge on any atom is 0.180 e. The molecule has 0 saturated carbocycles. The van der Waals surface area contributed by atoms with Crippen molar-refractivity contribution in [2.75, 3.05) is 0 Å². The van der Waals surface area contributed by atoms with E-state index in [9.17, 15) is 4.79 Å². The highest BCUT2D eigenvalue weighted by Crippen LogP contribution is 2.17. The maximum atomic E-state index is 11.9. The molecule has 0 fully saturated rings. The lowest BCUT2D eigenvalue weighted by Crippen LogP contribution is -2.18. The first-order valence-corrected chi connectivity index (χ1v) is 5.06. The second kappa shape index (κ2) is 4.75. The number of ketones is 1. The van der Waals surface area contributed by atoms with Gasteiger partial charge in [-0.3, -0.25) is 4.79 Å². The molecule has 0 saturated heterocycles. The summed E-state index contributed by atoms with van der Waals surface area (Å²) in [4.78, 5) is 11.9. The molecule has 0 bridgehead atoms. The molecule has 0 amide bonds. The molecule has 0 spiro atoms. The number of carbonyl (C=O) groups excluding carboxylic acids is 1. The van der Waals surface area contributed by atoms with E-state index in [-0.39, 0.29) is 11.7 Å². The van der Waals surface area contributed by atoms with Gasteiger partial charge in [0.2, 0.25) is 0 Å². The van der Waals surface area contributed by atoms with E-state index in [1.54, 1.807) is 6.07 Å². The molecule has 1 aromatic rings. The second-order valence-electron chi connectivity index (χ2n) is 4.08. The predicted molar refractivity (Wildman–Crippen MR) is 59.5 cm³/mol. The molecule has 2 nitrogen and oxygen atoms in total. The van der Waals surface area contributed by atoms with Crippen molar-refractivity contribution >= 4 is 5.78 Å². The fraction of sp³-hybridized carbons (Fsp3) is 0.385. The molecule has 78 valence electrons. The topological polar surface area (TPSA) is 40.9 Å². The van der Waals surface area contributed by atoms with Crippen LogP contribution in [0.2, 0.25) is 0 Å². The number of benzene rings is 1. The molecule has 1 aromatic carbocycles. The maximum absolute atomic E-state index is 11.9. The van der Waals surface area contributed by atoms with E-state index in [1.165, 1.54) is 0 Å². The number of aryl methyl sites for hydroxylation is 1. The number of hydrogen-bond donors (Lipinski definition) is 0. The monoisotopic (exact) mass is 201 g/mol. The van der Waals surface area contributed by atoms with Crippen LogP contribution in [-0.4, -0.2) is 5.78 Å². The Labute approximate surface area is 90.5 Å². The first kappa shape index (κ1) is 11.5. The zero-order valence-corrected chi connectivity index (χ0v) is 9.32. The number of hydrogen-bond acceptors (Lipinski definition) is 2. The Morgan fingerprint density at radius 1 is 1.40 bits per heavy atom. The number of rotatable bonds is 3. The normalized spacial score (nSPS) is 12.2. The molecule has 0 N–H and O–H groups in total. The van der Waals surface area contributed by atoms with E-state index in [1.807, 2.05) is 39.0 Å². The molecule has 1 atom stereocenters. The molecular formula is C13H15NO. The van der Waals surface area contributed by atoms with Crippen molar-refractivity contribution in [1.29, 1.82) is 5.26 Å². The van der Waals surface area contributed by atoms with E-state index in [0.717, 1.165) is 5.56 Å². The Balaban J connectivity index is 2.99. The average molecular weight is 201 g/mol. The van der Waals surface area contributed by atoms with Crippen molar-refractivity contribution < 1.29 is 4.79 Å². The molecular weight excluding hydrogens is 186 g/mol. The molecule has 0 heterocycles. The molecule has 0 aliphatic heterocycles. The van der Waals surface area contributed by atoms with E-state index in [2.05, 4.69) is 6.07 Å². The minimum Gasteiger partial charge on any atom is -0.293 e. The summed E-state index contributed by atoms with van der Waals surface area (Å²) in [6.45, 7) is 5.72. The van der Waals surface area contributed by atoms with Gasteiger partial charge in [0.15, 0.2) is 5.78 Å². The van der Waals surface area contributed by atoms with Gasteiger partial charge in [0.1, 0.15) is 5.92 Å². The lowest BCUT2D eigenvalue weighted by molar-refractivity contribution is 0.0924. The zero-order chi connectivity index (χ0) is 11.4. The molecule has 0 aliphatic rings. The number of carbonyl (C=O) groups is 1. The first-order chi connectivity index (χ1) is 7.06. The highest BCUT2D eigenvalue weighted by molar-refractivity contribution is 5.99. The lowest BCUT2D eigenvalue weighted by Gasteiger charge is -2.11. The molecule has 15 heavy (non-hydrogen) atoms. The van der Waals surface area contributed by atoms with Crippen molar-refractivity contribution in [3.8, 4) is 6.07 Å². The second-order valence-corrected chi connectivity index (χ2v) is 4.08. The average Bonchev–Trinajstić information content (AvgIpc) is 2.18. The van der Waals surface area contributed by atoms with Crippen LogP contribution in [0.3, 0.4) is 0 Å². The van der Waals surface area contributed by atoms with Crippen LogP contribution in [0.5, 0.6) is 0 Å². The summed E-state index contributed by atoms with van der Waals surface area (Å²) in [5.74, 6) is -0.550. The van der Waals surface area contributed by atoms with Crippen molar-refractivity contribution in [3.63, 3.8) is 0 Å². The van der Waals surface area contributed by atoms with Crippen molar-refractivity contribution in [1.82, 2.24) is 0 Å². The highest BCUT2D eigenvalue weighted by atomic mass is 16.1. The third-order valence-electron chi connectivity index (χ3n) is 2.39. The summed E-state index contributed by atoms with van der Waals surface area (Å²) in [6.07, 6.45) is 0. The van der Waals surface area contributed by atoms with Gasteiger partial charge in [-0.2, -0.15) is 5.26 Å². The Morgan fingerprint density at radius 3 is 2.53 bits per heavy atom. The minimum absolute atomic E-state index is 0.0583. The smallest absolute Gasteiger partial charge is 0.180 e. The Kier molecular flexibility index (Phi) is 3.62. The van der Waals surface area contributed by atoms with Gasteiger partial charge in [-0.25, -0.2) is 0 Å². The van der Waals surface area contributed by atoms with Crippen LogP contribution in [0.15, 0.2) is 24.3 Å². The molecule has 0 aromatic heterocycles. The summed E-state index contributed by atoms with van der Waals surface area (Å²) >= 11 is 0. The van der Waals surface area contributed by atoms with Gasteiger partial charge in [0, 0.05) is 5.56 Å².